The van der Waals surface area contributed by atoms with Gasteiger partial charge in [-0.05, 0) is 20.8 Å². The van der Waals surface area contributed by atoms with Gasteiger partial charge in [-0.3, -0.25) is 4.90 Å². The molecular formula is C10H17NO4S. The smallest absolute Gasteiger partial charge is 0.411 e. The third-order valence-electron chi connectivity index (χ3n) is 1.98. The van der Waals surface area contributed by atoms with E-state index in [0.29, 0.717) is 11.6 Å². The van der Waals surface area contributed by atoms with Crippen LogP contribution in [0.15, 0.2) is 0 Å². The third kappa shape index (κ3) is 3.30. The average molecular weight is 247 g/mol. The zero-order valence-electron chi connectivity index (χ0n) is 9.98. The van der Waals surface area contributed by atoms with Crippen molar-refractivity contribution in [2.45, 2.75) is 32.4 Å². The van der Waals surface area contributed by atoms with Crippen molar-refractivity contribution in [1.82, 2.24) is 4.90 Å². The second kappa shape index (κ2) is 4.95. The highest BCUT2D eigenvalue weighted by atomic mass is 32.2. The fraction of sp³-hybridized carbons (Fsp3) is 0.800. The Morgan fingerprint density at radius 3 is 2.50 bits per heavy atom. The maximum Gasteiger partial charge on any atom is 0.411 e. The third-order valence-corrected chi connectivity index (χ3v) is 3.00. The molecule has 1 saturated heterocycles. The Bertz CT molecular complexity index is 287. The summed E-state index contributed by atoms with van der Waals surface area (Å²) in [6, 6.07) is -0.523. The van der Waals surface area contributed by atoms with Crippen LogP contribution in [-0.4, -0.2) is 47.3 Å². The number of rotatable bonds is 1. The Morgan fingerprint density at radius 1 is 1.38 bits per heavy atom. The maximum atomic E-state index is 11.8. The monoisotopic (exact) mass is 247 g/mol. The largest absolute Gasteiger partial charge is 0.467 e. The molecule has 1 amide bonds. The van der Waals surface area contributed by atoms with Gasteiger partial charge in [-0.15, -0.1) is 11.8 Å². The molecule has 6 heteroatoms. The molecule has 0 spiro atoms. The predicted molar refractivity (Wildman–Crippen MR) is 61.2 cm³/mol. The van der Waals surface area contributed by atoms with E-state index in [1.807, 2.05) is 0 Å². The van der Waals surface area contributed by atoms with Gasteiger partial charge in [0.2, 0.25) is 0 Å². The van der Waals surface area contributed by atoms with Crippen LogP contribution in [0.5, 0.6) is 0 Å². The maximum absolute atomic E-state index is 11.8. The number of carbonyl (C=O) groups is 2. The van der Waals surface area contributed by atoms with Crippen molar-refractivity contribution >= 4 is 23.8 Å². The molecule has 1 rings (SSSR count). The molecule has 16 heavy (non-hydrogen) atoms. The summed E-state index contributed by atoms with van der Waals surface area (Å²) in [7, 11) is 1.32. The first kappa shape index (κ1) is 13.2. The van der Waals surface area contributed by atoms with E-state index in [1.165, 1.54) is 23.8 Å². The SMILES string of the molecule is COC(=O)[C@H]1CSCN1C(=O)OC(C)(C)C. The highest BCUT2D eigenvalue weighted by Gasteiger charge is 2.37. The summed E-state index contributed by atoms with van der Waals surface area (Å²) in [5, 5.41) is 0. The topological polar surface area (TPSA) is 55.8 Å². The first-order valence-electron chi connectivity index (χ1n) is 5.00. The molecule has 1 atom stereocenters. The number of carbonyl (C=O) groups excluding carboxylic acids is 2. The molecule has 92 valence electrons. The molecular weight excluding hydrogens is 230 g/mol. The van der Waals surface area contributed by atoms with Gasteiger partial charge in [-0.25, -0.2) is 9.59 Å². The molecule has 1 aliphatic heterocycles. The Kier molecular flexibility index (Phi) is 4.07. The van der Waals surface area contributed by atoms with Gasteiger partial charge in [0.25, 0.3) is 0 Å². The van der Waals surface area contributed by atoms with Crippen LogP contribution in [-0.2, 0) is 14.3 Å². The molecule has 0 N–H and O–H groups in total. The Morgan fingerprint density at radius 2 is 2.00 bits per heavy atom. The van der Waals surface area contributed by atoms with Crippen molar-refractivity contribution in [2.24, 2.45) is 0 Å². The quantitative estimate of drug-likeness (QED) is 0.657. The zero-order chi connectivity index (χ0) is 12.3. The van der Waals surface area contributed by atoms with Crippen LogP contribution in [0.2, 0.25) is 0 Å². The number of methoxy groups -OCH3 is 1. The van der Waals surface area contributed by atoms with E-state index < -0.39 is 23.7 Å². The number of hydrogen-bond donors (Lipinski definition) is 0. The lowest BCUT2D eigenvalue weighted by atomic mass is 10.2. The first-order valence-corrected chi connectivity index (χ1v) is 6.16. The van der Waals surface area contributed by atoms with Crippen LogP contribution in [0.25, 0.3) is 0 Å². The normalized spacial score (nSPS) is 20.8. The Balaban J connectivity index is 2.65. The van der Waals surface area contributed by atoms with E-state index in [0.717, 1.165) is 0 Å². The van der Waals surface area contributed by atoms with Crippen LogP contribution >= 0.6 is 11.8 Å². The highest BCUT2D eigenvalue weighted by Crippen LogP contribution is 2.24. The van der Waals surface area contributed by atoms with Crippen molar-refractivity contribution < 1.29 is 19.1 Å². The van der Waals surface area contributed by atoms with Crippen LogP contribution in [0.1, 0.15) is 20.8 Å². The summed E-state index contributed by atoms with van der Waals surface area (Å²) in [5.74, 6) is 0.636. The van der Waals surface area contributed by atoms with E-state index in [1.54, 1.807) is 20.8 Å². The number of ether oxygens (including phenoxy) is 2. The van der Waals surface area contributed by atoms with Crippen LogP contribution in [0.3, 0.4) is 0 Å². The van der Waals surface area contributed by atoms with Gasteiger partial charge < -0.3 is 9.47 Å². The summed E-state index contributed by atoms with van der Waals surface area (Å²) in [6.45, 7) is 5.38. The van der Waals surface area contributed by atoms with E-state index in [9.17, 15) is 9.59 Å². The number of nitrogens with zero attached hydrogens (tertiary/aromatic N) is 1. The van der Waals surface area contributed by atoms with Crippen molar-refractivity contribution in [3.05, 3.63) is 0 Å². The molecule has 1 fully saturated rings. The molecule has 0 aromatic heterocycles. The minimum Gasteiger partial charge on any atom is -0.467 e. The summed E-state index contributed by atoms with van der Waals surface area (Å²) in [5.41, 5.74) is -0.551. The number of thioether (sulfide) groups is 1. The summed E-state index contributed by atoms with van der Waals surface area (Å²) in [4.78, 5) is 24.6. The van der Waals surface area contributed by atoms with Crippen molar-refractivity contribution in [3.63, 3.8) is 0 Å². The second-order valence-electron chi connectivity index (χ2n) is 4.49. The van der Waals surface area contributed by atoms with Gasteiger partial charge in [0, 0.05) is 5.75 Å². The van der Waals surface area contributed by atoms with Crippen LogP contribution in [0.4, 0.5) is 4.79 Å². The first-order chi connectivity index (χ1) is 7.35. The van der Waals surface area contributed by atoms with Gasteiger partial charge in [-0.1, -0.05) is 0 Å². The molecule has 0 aliphatic carbocycles. The van der Waals surface area contributed by atoms with Crippen LogP contribution in [0, 0.1) is 0 Å². The van der Waals surface area contributed by atoms with Gasteiger partial charge in [0.05, 0.1) is 13.0 Å². The van der Waals surface area contributed by atoms with Gasteiger partial charge in [0.1, 0.15) is 11.6 Å². The molecule has 0 saturated carbocycles. The standard InChI is InChI=1S/C10H17NO4S/c1-10(2,3)15-9(13)11-6-16-5-7(11)8(12)14-4/h7H,5-6H2,1-4H3/t7-/m1/s1. The van der Waals surface area contributed by atoms with Gasteiger partial charge >= 0.3 is 12.1 Å². The zero-order valence-corrected chi connectivity index (χ0v) is 10.8. The van der Waals surface area contributed by atoms with Gasteiger partial charge in [-0.2, -0.15) is 0 Å². The van der Waals surface area contributed by atoms with Crippen molar-refractivity contribution in [2.75, 3.05) is 18.7 Å². The summed E-state index contributed by atoms with van der Waals surface area (Å²) in [6.07, 6.45) is -0.465. The van der Waals surface area contributed by atoms with Crippen LogP contribution < -0.4 is 0 Å². The van der Waals surface area contributed by atoms with E-state index in [2.05, 4.69) is 4.74 Å². The molecule has 0 aromatic carbocycles. The predicted octanol–water partition coefficient (Wildman–Crippen LogP) is 1.47. The number of esters is 1. The number of amides is 1. The van der Waals surface area contributed by atoms with Crippen molar-refractivity contribution in [3.8, 4) is 0 Å². The van der Waals surface area contributed by atoms with Crippen molar-refractivity contribution in [1.29, 1.82) is 0 Å². The van der Waals surface area contributed by atoms with Gasteiger partial charge in [0.15, 0.2) is 0 Å². The fourth-order valence-corrected chi connectivity index (χ4v) is 2.40. The Labute approximate surface area is 99.5 Å². The Hall–Kier alpha value is -0.910. The minimum absolute atomic E-state index is 0.393. The van der Waals surface area contributed by atoms with E-state index in [-0.39, 0.29) is 0 Å². The lowest BCUT2D eigenvalue weighted by Crippen LogP contribution is -2.44. The molecule has 1 aliphatic rings. The lowest BCUT2D eigenvalue weighted by molar-refractivity contribution is -0.145. The molecule has 0 bridgehead atoms. The molecule has 1 heterocycles. The number of hydrogen-bond acceptors (Lipinski definition) is 5. The molecule has 0 aromatic rings. The molecule has 5 nitrogen and oxygen atoms in total. The average Bonchev–Trinajstić information content (AvgIpc) is 2.62. The highest BCUT2D eigenvalue weighted by molar-refractivity contribution is 7.99. The summed E-state index contributed by atoms with van der Waals surface area (Å²) < 4.78 is 9.86. The molecule has 0 radical (unpaired) electrons. The summed E-state index contributed by atoms with van der Waals surface area (Å²) >= 11 is 1.51. The lowest BCUT2D eigenvalue weighted by Gasteiger charge is -2.26. The van der Waals surface area contributed by atoms with E-state index >= 15 is 0 Å². The minimum atomic E-state index is -0.551. The second-order valence-corrected chi connectivity index (χ2v) is 5.49. The fourth-order valence-electron chi connectivity index (χ4n) is 1.27. The molecule has 0 unspecified atom stereocenters. The van der Waals surface area contributed by atoms with E-state index in [4.69, 9.17) is 4.74 Å².